The normalized spacial score (nSPS) is 24.5. The molecule has 3 fully saturated rings. The molecule has 3 aromatic rings. The van der Waals surface area contributed by atoms with Crippen LogP contribution in [0.15, 0.2) is 42.9 Å². The lowest BCUT2D eigenvalue weighted by Crippen LogP contribution is -2.64. The average Bonchev–Trinajstić information content (AvgIpc) is 3.14. The van der Waals surface area contributed by atoms with Crippen LogP contribution in [0.25, 0.3) is 10.6 Å². The number of nitrogens with zero attached hydrogens (tertiary/aromatic N) is 4. The third-order valence-corrected chi connectivity index (χ3v) is 7.45. The predicted octanol–water partition coefficient (Wildman–Crippen LogP) is 4.37. The molecule has 1 aromatic carbocycles. The van der Waals surface area contributed by atoms with Crippen molar-refractivity contribution in [2.75, 3.05) is 6.61 Å². The number of thiazole rings is 1. The maximum Gasteiger partial charge on any atom is 0.274 e. The fourth-order valence-corrected chi connectivity index (χ4v) is 5.54. The van der Waals surface area contributed by atoms with Gasteiger partial charge in [-0.3, -0.25) is 14.8 Å². The summed E-state index contributed by atoms with van der Waals surface area (Å²) in [5.74, 6) is 1.14. The smallest absolute Gasteiger partial charge is 0.274 e. The van der Waals surface area contributed by atoms with E-state index in [0.29, 0.717) is 35.6 Å². The zero-order chi connectivity index (χ0) is 21.5. The minimum atomic E-state index is -0.299. The zero-order valence-electron chi connectivity index (χ0n) is 17.4. The second-order valence-electron chi connectivity index (χ2n) is 8.29. The summed E-state index contributed by atoms with van der Waals surface area (Å²) >= 11 is 1.46. The van der Waals surface area contributed by atoms with Gasteiger partial charge in [-0.1, -0.05) is 6.92 Å². The number of rotatable bonds is 5. The Kier molecular flexibility index (Phi) is 5.17. The first kappa shape index (κ1) is 20.1. The van der Waals surface area contributed by atoms with E-state index in [2.05, 4.69) is 21.9 Å². The van der Waals surface area contributed by atoms with E-state index in [1.165, 1.54) is 23.5 Å². The van der Waals surface area contributed by atoms with Crippen LogP contribution in [0.4, 0.5) is 4.39 Å². The lowest BCUT2D eigenvalue weighted by molar-refractivity contribution is -0.0672. The Hall–Kier alpha value is -2.87. The molecular weight excluding hydrogens is 415 g/mol. The van der Waals surface area contributed by atoms with E-state index in [1.807, 2.05) is 11.8 Å². The first-order chi connectivity index (χ1) is 15.0. The minimum Gasteiger partial charge on any atom is -0.491 e. The molecule has 1 amide bonds. The van der Waals surface area contributed by atoms with Crippen molar-refractivity contribution in [2.24, 2.45) is 11.8 Å². The van der Waals surface area contributed by atoms with Gasteiger partial charge in [-0.2, -0.15) is 0 Å². The molecule has 0 radical (unpaired) electrons. The monoisotopic (exact) mass is 438 g/mol. The summed E-state index contributed by atoms with van der Waals surface area (Å²) in [6.45, 7) is 4.46. The van der Waals surface area contributed by atoms with Gasteiger partial charge in [0.2, 0.25) is 0 Å². The van der Waals surface area contributed by atoms with Crippen LogP contribution in [0.2, 0.25) is 0 Å². The van der Waals surface area contributed by atoms with E-state index < -0.39 is 0 Å². The van der Waals surface area contributed by atoms with Crippen molar-refractivity contribution in [1.82, 2.24) is 19.9 Å². The van der Waals surface area contributed by atoms with Gasteiger partial charge in [-0.05, 0) is 55.9 Å². The number of aryl methyl sites for hydroxylation is 1. The molecular formula is C23H23FN4O2S. The molecule has 4 heterocycles. The maximum absolute atomic E-state index is 13.8. The highest BCUT2D eigenvalue weighted by Gasteiger charge is 2.51. The molecule has 2 aliphatic heterocycles. The lowest BCUT2D eigenvalue weighted by Gasteiger charge is -2.57. The SMILES string of the molecule is Cc1nc(C(=O)N2C3CC(C3)C(C)C2COc2ccc(F)cc2)c(-c2cnccn2)s1. The third kappa shape index (κ3) is 3.69. The Bertz CT molecular complexity index is 1080. The molecule has 2 unspecified atom stereocenters. The largest absolute Gasteiger partial charge is 0.491 e. The lowest BCUT2D eigenvalue weighted by atomic mass is 9.64. The Morgan fingerprint density at radius 3 is 2.74 bits per heavy atom. The van der Waals surface area contributed by atoms with E-state index in [0.717, 1.165) is 22.7 Å². The Labute approximate surface area is 184 Å². The number of ether oxygens (including phenoxy) is 1. The van der Waals surface area contributed by atoms with Crippen LogP contribution < -0.4 is 4.74 Å². The van der Waals surface area contributed by atoms with E-state index in [9.17, 15) is 9.18 Å². The zero-order valence-corrected chi connectivity index (χ0v) is 18.2. The number of aromatic nitrogens is 3. The van der Waals surface area contributed by atoms with Gasteiger partial charge < -0.3 is 9.64 Å². The molecule has 1 saturated carbocycles. The third-order valence-electron chi connectivity index (χ3n) is 6.45. The number of carbonyl (C=O) groups excluding carboxylic acids is 1. The van der Waals surface area contributed by atoms with Crippen molar-refractivity contribution >= 4 is 17.2 Å². The second-order valence-corrected chi connectivity index (χ2v) is 9.49. The fourth-order valence-electron chi connectivity index (χ4n) is 4.67. The van der Waals surface area contributed by atoms with Gasteiger partial charge in [0, 0.05) is 18.4 Å². The van der Waals surface area contributed by atoms with Crippen LogP contribution in [0.3, 0.4) is 0 Å². The fraction of sp³-hybridized carbons (Fsp3) is 0.391. The number of hydrogen-bond donors (Lipinski definition) is 0. The first-order valence-corrected chi connectivity index (χ1v) is 11.3. The minimum absolute atomic E-state index is 0.0632. The average molecular weight is 439 g/mol. The van der Waals surface area contributed by atoms with E-state index >= 15 is 0 Å². The van der Waals surface area contributed by atoms with Crippen LogP contribution >= 0.6 is 11.3 Å². The van der Waals surface area contributed by atoms with Gasteiger partial charge in [0.15, 0.2) is 0 Å². The molecule has 6 nitrogen and oxygen atoms in total. The second kappa shape index (κ2) is 8.00. The maximum atomic E-state index is 13.8. The molecule has 8 heteroatoms. The molecule has 31 heavy (non-hydrogen) atoms. The first-order valence-electron chi connectivity index (χ1n) is 10.5. The van der Waals surface area contributed by atoms with Crippen LogP contribution in [-0.2, 0) is 0 Å². The predicted molar refractivity (Wildman–Crippen MR) is 115 cm³/mol. The van der Waals surface area contributed by atoms with Crippen molar-refractivity contribution < 1.29 is 13.9 Å². The van der Waals surface area contributed by atoms with Gasteiger partial charge in [-0.25, -0.2) is 9.37 Å². The Balaban J connectivity index is 1.43. The summed E-state index contributed by atoms with van der Waals surface area (Å²) in [5.41, 5.74) is 1.10. The number of benzene rings is 1. The van der Waals surface area contributed by atoms with E-state index in [4.69, 9.17) is 4.74 Å². The molecule has 1 aliphatic carbocycles. The van der Waals surface area contributed by atoms with Crippen molar-refractivity contribution in [3.63, 3.8) is 0 Å². The number of halogens is 1. The van der Waals surface area contributed by atoms with Gasteiger partial charge in [0.1, 0.15) is 29.6 Å². The summed E-state index contributed by atoms with van der Waals surface area (Å²) in [7, 11) is 0. The standard InChI is InChI=1S/C23H23FN4O2S/c1-13-15-9-17(10-15)28(20(13)12-30-18-5-3-16(24)4-6-18)23(29)21-22(31-14(2)27-21)19-11-25-7-8-26-19/h3-8,11,13,15,17,20H,9-10,12H2,1-2H3. The molecule has 160 valence electrons. The van der Waals surface area contributed by atoms with E-state index in [-0.39, 0.29) is 23.8 Å². The summed E-state index contributed by atoms with van der Waals surface area (Å²) in [6, 6.07) is 6.13. The highest BCUT2D eigenvalue weighted by atomic mass is 32.1. The van der Waals surface area contributed by atoms with Crippen molar-refractivity contribution in [2.45, 2.75) is 38.8 Å². The Morgan fingerprint density at radius 1 is 1.26 bits per heavy atom. The summed E-state index contributed by atoms with van der Waals surface area (Å²) < 4.78 is 19.2. The van der Waals surface area contributed by atoms with Gasteiger partial charge in [0.25, 0.3) is 5.91 Å². The van der Waals surface area contributed by atoms with Crippen LogP contribution in [0.5, 0.6) is 5.75 Å². The molecule has 2 aromatic heterocycles. The number of piperidine rings is 2. The Morgan fingerprint density at radius 2 is 2.03 bits per heavy atom. The van der Waals surface area contributed by atoms with Gasteiger partial charge in [-0.15, -0.1) is 11.3 Å². The van der Waals surface area contributed by atoms with Gasteiger partial charge >= 0.3 is 0 Å². The van der Waals surface area contributed by atoms with Crippen molar-refractivity contribution in [3.8, 4) is 16.3 Å². The summed E-state index contributed by atoms with van der Waals surface area (Å²) in [6.07, 6.45) is 6.93. The molecule has 2 atom stereocenters. The number of hydrogen-bond acceptors (Lipinski definition) is 6. The molecule has 2 saturated heterocycles. The molecule has 3 aliphatic rings. The molecule has 6 rings (SSSR count). The summed E-state index contributed by atoms with van der Waals surface area (Å²) in [4.78, 5) is 29.6. The summed E-state index contributed by atoms with van der Waals surface area (Å²) in [5, 5.41) is 0.819. The topological polar surface area (TPSA) is 68.2 Å². The van der Waals surface area contributed by atoms with Crippen molar-refractivity contribution in [1.29, 1.82) is 0 Å². The number of fused-ring (bicyclic) bond motifs is 2. The quantitative estimate of drug-likeness (QED) is 0.592. The van der Waals surface area contributed by atoms with Crippen molar-refractivity contribution in [3.05, 3.63) is 59.4 Å². The highest BCUT2D eigenvalue weighted by molar-refractivity contribution is 7.15. The molecule has 2 bridgehead atoms. The van der Waals surface area contributed by atoms with Crippen LogP contribution in [-0.4, -0.2) is 44.4 Å². The number of amides is 1. The number of carbonyl (C=O) groups is 1. The van der Waals surface area contributed by atoms with Gasteiger partial charge in [0.05, 0.1) is 22.1 Å². The van der Waals surface area contributed by atoms with Crippen LogP contribution in [0, 0.1) is 24.6 Å². The van der Waals surface area contributed by atoms with Crippen LogP contribution in [0.1, 0.15) is 35.3 Å². The highest BCUT2D eigenvalue weighted by Crippen LogP contribution is 2.47. The molecule has 0 N–H and O–H groups in total. The molecule has 0 spiro atoms. The van der Waals surface area contributed by atoms with E-state index in [1.54, 1.807) is 30.7 Å².